The van der Waals surface area contributed by atoms with E-state index in [-0.39, 0.29) is 34.3 Å². The Morgan fingerprint density at radius 3 is 2.33 bits per heavy atom. The van der Waals surface area contributed by atoms with E-state index in [1.165, 1.54) is 0 Å². The van der Waals surface area contributed by atoms with Crippen molar-refractivity contribution in [1.29, 1.82) is 0 Å². The van der Waals surface area contributed by atoms with Gasteiger partial charge in [-0.3, -0.25) is 4.79 Å². The van der Waals surface area contributed by atoms with Crippen molar-refractivity contribution in [3.05, 3.63) is 28.1 Å². The number of aromatic nitrogens is 2. The Morgan fingerprint density at radius 1 is 1.05 bits per heavy atom. The maximum absolute atomic E-state index is 14.1. The molecule has 2 aliphatic carbocycles. The van der Waals surface area contributed by atoms with Gasteiger partial charge in [0.15, 0.2) is 5.82 Å². The van der Waals surface area contributed by atoms with Gasteiger partial charge in [-0.1, -0.05) is 18.8 Å². The molecule has 216 valence electrons. The van der Waals surface area contributed by atoms with Crippen LogP contribution in [0.25, 0.3) is 0 Å². The lowest BCUT2D eigenvalue weighted by Gasteiger charge is -2.39. The molecule has 0 spiro atoms. The number of ether oxygens (including phenoxy) is 1. The average molecular weight is 567 g/mol. The summed E-state index contributed by atoms with van der Waals surface area (Å²) in [6, 6.07) is 3.61. The fourth-order valence-corrected chi connectivity index (χ4v) is 6.30. The monoisotopic (exact) mass is 566 g/mol. The fraction of sp³-hybridized carbons (Fsp3) is 0.613. The van der Waals surface area contributed by atoms with Crippen LogP contribution >= 0.6 is 11.3 Å². The highest BCUT2D eigenvalue weighted by Crippen LogP contribution is 2.39. The summed E-state index contributed by atoms with van der Waals surface area (Å²) in [6.07, 6.45) is 8.37. The van der Waals surface area contributed by atoms with E-state index in [4.69, 9.17) is 4.74 Å². The number of anilines is 2. The maximum Gasteiger partial charge on any atom is 0.348 e. The summed E-state index contributed by atoms with van der Waals surface area (Å²) in [7, 11) is 3.82. The molecule has 2 fully saturated rings. The van der Waals surface area contributed by atoms with Gasteiger partial charge < -0.3 is 19.6 Å². The summed E-state index contributed by atoms with van der Waals surface area (Å²) in [5.74, 6) is 7.36. The molecular weight excluding hydrogens is 524 g/mol. The molecule has 9 heteroatoms. The molecule has 0 radical (unpaired) electrons. The largest absolute Gasteiger partial charge is 0.489 e. The molecule has 0 saturated heterocycles. The lowest BCUT2D eigenvalue weighted by molar-refractivity contribution is -0.124. The molecule has 0 unspecified atom stereocenters. The van der Waals surface area contributed by atoms with Crippen LogP contribution in [-0.2, 0) is 4.79 Å². The molecule has 1 N–H and O–H groups in total. The number of rotatable bonds is 7. The summed E-state index contributed by atoms with van der Waals surface area (Å²) in [5.41, 5.74) is 0.287. The van der Waals surface area contributed by atoms with Crippen molar-refractivity contribution in [1.82, 2.24) is 10.2 Å². The first-order valence-corrected chi connectivity index (χ1v) is 15.1. The summed E-state index contributed by atoms with van der Waals surface area (Å²) >= 11 is 1.16. The first-order valence-electron chi connectivity index (χ1n) is 14.3. The Labute approximate surface area is 242 Å². The number of hydrogen-bond acceptors (Lipinski definition) is 7. The van der Waals surface area contributed by atoms with Crippen molar-refractivity contribution in [2.45, 2.75) is 91.2 Å². The molecule has 1 amide bonds. The molecule has 8 nitrogen and oxygen atoms in total. The minimum atomic E-state index is -1.02. The molecular formula is C31H42N4O4S. The van der Waals surface area contributed by atoms with Crippen LogP contribution in [0.15, 0.2) is 18.3 Å². The van der Waals surface area contributed by atoms with Gasteiger partial charge in [-0.05, 0) is 84.1 Å². The van der Waals surface area contributed by atoms with Crippen LogP contribution < -0.4 is 14.5 Å². The van der Waals surface area contributed by atoms with Gasteiger partial charge in [0.2, 0.25) is 5.91 Å². The highest BCUT2D eigenvalue weighted by atomic mass is 32.1. The third kappa shape index (κ3) is 7.54. The van der Waals surface area contributed by atoms with Gasteiger partial charge in [0.1, 0.15) is 10.6 Å². The van der Waals surface area contributed by atoms with E-state index in [9.17, 15) is 14.7 Å². The molecule has 2 aromatic rings. The highest BCUT2D eigenvalue weighted by Gasteiger charge is 2.38. The molecule has 2 aliphatic rings. The molecule has 0 aliphatic heterocycles. The van der Waals surface area contributed by atoms with Gasteiger partial charge in [0.05, 0.1) is 22.9 Å². The predicted molar refractivity (Wildman–Crippen MR) is 159 cm³/mol. The third-order valence-corrected chi connectivity index (χ3v) is 8.74. The second kappa shape index (κ2) is 12.6. The molecule has 0 bridgehead atoms. The average Bonchev–Trinajstić information content (AvgIpc) is 3.33. The molecule has 2 aromatic heterocycles. The number of carbonyl (C=O) groups is 2. The van der Waals surface area contributed by atoms with E-state index in [2.05, 4.69) is 29.0 Å². The van der Waals surface area contributed by atoms with Crippen molar-refractivity contribution >= 4 is 34.7 Å². The van der Waals surface area contributed by atoms with Gasteiger partial charge in [-0.15, -0.1) is 16.4 Å². The number of carboxylic acid groups (broad SMARTS) is 1. The zero-order valence-corrected chi connectivity index (χ0v) is 25.4. The molecule has 40 heavy (non-hydrogen) atoms. The minimum Gasteiger partial charge on any atom is -0.489 e. The molecule has 0 aromatic carbocycles. The molecule has 2 saturated carbocycles. The quantitative estimate of drug-likeness (QED) is 0.396. The number of aromatic carboxylic acids is 1. The Balaban J connectivity index is 1.59. The smallest absolute Gasteiger partial charge is 0.348 e. The summed E-state index contributed by atoms with van der Waals surface area (Å²) in [6.45, 7) is 8.31. The normalized spacial score (nSPS) is 23.1. The zero-order chi connectivity index (χ0) is 29.0. The van der Waals surface area contributed by atoms with Gasteiger partial charge in [0, 0.05) is 37.5 Å². The topological polar surface area (TPSA) is 95.9 Å². The Morgan fingerprint density at radius 2 is 1.73 bits per heavy atom. The van der Waals surface area contributed by atoms with Crippen LogP contribution in [0, 0.1) is 29.1 Å². The molecule has 2 heterocycles. The minimum absolute atomic E-state index is 0.00224. The Hall–Kier alpha value is -3.12. The first-order chi connectivity index (χ1) is 18.9. The number of amides is 1. The molecule has 0 atom stereocenters. The van der Waals surface area contributed by atoms with Crippen LogP contribution in [0.2, 0.25) is 0 Å². The van der Waals surface area contributed by atoms with E-state index >= 15 is 0 Å². The number of carboxylic acids is 1. The van der Waals surface area contributed by atoms with Gasteiger partial charge in [-0.25, -0.2) is 4.79 Å². The SMILES string of the molecule is CC1CCC(C(=O)N(c2cc(C#CC(C)(C)C)sc2C(=O)O)C2CCC(Oc3cnnc(N(C)C)c3)CC2)CC1. The first kappa shape index (κ1) is 29.9. The number of thiophene rings is 1. The second-order valence-corrected chi connectivity index (χ2v) is 13.5. The predicted octanol–water partition coefficient (Wildman–Crippen LogP) is 6.25. The third-order valence-electron chi connectivity index (χ3n) is 7.72. The van der Waals surface area contributed by atoms with Crippen LogP contribution in [0.5, 0.6) is 5.75 Å². The number of carbonyl (C=O) groups excluding carboxylic acids is 1. The molecule has 4 rings (SSSR count). The Kier molecular flexibility index (Phi) is 9.40. The van der Waals surface area contributed by atoms with Crippen LogP contribution in [0.4, 0.5) is 11.5 Å². The standard InChI is InChI=1S/C31H42N4O4S/c1-20-7-9-21(10-8-20)29(36)35(26-18-25(15-16-31(2,3)4)40-28(26)30(37)38)22-11-13-23(14-12-22)39-24-17-27(34(5)6)33-32-19-24/h17-23H,7-14H2,1-6H3,(H,37,38). The summed E-state index contributed by atoms with van der Waals surface area (Å²) in [5, 5.41) is 18.3. The van der Waals surface area contributed by atoms with Crippen LogP contribution in [0.1, 0.15) is 93.6 Å². The number of hydrogen-bond donors (Lipinski definition) is 1. The van der Waals surface area contributed by atoms with Gasteiger partial charge >= 0.3 is 5.97 Å². The van der Waals surface area contributed by atoms with E-state index in [0.717, 1.165) is 68.5 Å². The van der Waals surface area contributed by atoms with Gasteiger partial charge in [-0.2, -0.15) is 5.10 Å². The van der Waals surface area contributed by atoms with Crippen molar-refractivity contribution in [3.63, 3.8) is 0 Å². The van der Waals surface area contributed by atoms with Crippen molar-refractivity contribution in [2.24, 2.45) is 17.3 Å². The highest BCUT2D eigenvalue weighted by molar-refractivity contribution is 7.15. The van der Waals surface area contributed by atoms with E-state index < -0.39 is 5.97 Å². The van der Waals surface area contributed by atoms with Crippen molar-refractivity contribution < 1.29 is 19.4 Å². The summed E-state index contributed by atoms with van der Waals surface area (Å²) in [4.78, 5) is 31.1. The zero-order valence-electron chi connectivity index (χ0n) is 24.6. The van der Waals surface area contributed by atoms with Crippen molar-refractivity contribution in [2.75, 3.05) is 23.9 Å². The number of nitrogens with zero attached hydrogens (tertiary/aromatic N) is 4. The van der Waals surface area contributed by atoms with E-state index in [1.807, 2.05) is 56.8 Å². The van der Waals surface area contributed by atoms with E-state index in [0.29, 0.717) is 22.2 Å². The van der Waals surface area contributed by atoms with Crippen LogP contribution in [0.3, 0.4) is 0 Å². The van der Waals surface area contributed by atoms with Gasteiger partial charge in [0.25, 0.3) is 0 Å². The van der Waals surface area contributed by atoms with Crippen LogP contribution in [-0.4, -0.2) is 53.4 Å². The van der Waals surface area contributed by atoms with Crippen molar-refractivity contribution in [3.8, 4) is 17.6 Å². The van der Waals surface area contributed by atoms with E-state index in [1.54, 1.807) is 6.20 Å². The lowest BCUT2D eigenvalue weighted by Crippen LogP contribution is -2.47. The Bertz CT molecular complexity index is 1260. The lowest BCUT2D eigenvalue weighted by atomic mass is 9.81. The fourth-order valence-electron chi connectivity index (χ4n) is 5.46. The maximum atomic E-state index is 14.1. The summed E-state index contributed by atoms with van der Waals surface area (Å²) < 4.78 is 6.26. The second-order valence-electron chi connectivity index (χ2n) is 12.5.